The molecule has 30 heavy (non-hydrogen) atoms. The summed E-state index contributed by atoms with van der Waals surface area (Å²) in [5, 5.41) is 14.4. The van der Waals surface area contributed by atoms with Crippen molar-refractivity contribution in [1.29, 1.82) is 0 Å². The Morgan fingerprint density at radius 1 is 1.20 bits per heavy atom. The van der Waals surface area contributed by atoms with Gasteiger partial charge in [0.2, 0.25) is 5.91 Å². The number of fused-ring (bicyclic) bond motifs is 3. The number of nitrogens with zero attached hydrogens (tertiary/aromatic N) is 3. The van der Waals surface area contributed by atoms with Crippen LogP contribution in [-0.4, -0.2) is 43.1 Å². The summed E-state index contributed by atoms with van der Waals surface area (Å²) in [7, 11) is 0. The van der Waals surface area contributed by atoms with E-state index >= 15 is 0 Å². The Morgan fingerprint density at radius 2 is 1.97 bits per heavy atom. The van der Waals surface area contributed by atoms with Gasteiger partial charge in [0.15, 0.2) is 0 Å². The number of anilines is 2. The molecule has 2 aromatic rings. The summed E-state index contributed by atoms with van der Waals surface area (Å²) in [5.74, 6) is 0.157. The van der Waals surface area contributed by atoms with Crippen LogP contribution in [0.4, 0.5) is 17.1 Å². The predicted molar refractivity (Wildman–Crippen MR) is 118 cm³/mol. The van der Waals surface area contributed by atoms with Gasteiger partial charge < -0.3 is 15.1 Å². The number of nitro benzene ring substituents is 1. The third-order valence-electron chi connectivity index (χ3n) is 6.05. The van der Waals surface area contributed by atoms with Crippen molar-refractivity contribution in [3.63, 3.8) is 0 Å². The van der Waals surface area contributed by atoms with Crippen molar-refractivity contribution < 1.29 is 9.72 Å². The van der Waals surface area contributed by atoms with E-state index in [1.54, 1.807) is 12.1 Å². The lowest BCUT2D eigenvalue weighted by atomic mass is 9.83. The lowest BCUT2D eigenvalue weighted by Gasteiger charge is -2.49. The maximum atomic E-state index is 13.1. The summed E-state index contributed by atoms with van der Waals surface area (Å²) in [6.45, 7) is 7.15. The number of para-hydroxylation sites is 1. The highest BCUT2D eigenvalue weighted by Crippen LogP contribution is 2.38. The molecule has 7 nitrogen and oxygen atoms in total. The first-order valence-electron chi connectivity index (χ1n) is 10.6. The fourth-order valence-corrected chi connectivity index (χ4v) is 4.53. The van der Waals surface area contributed by atoms with Crippen molar-refractivity contribution in [2.24, 2.45) is 11.8 Å². The third kappa shape index (κ3) is 3.97. The summed E-state index contributed by atoms with van der Waals surface area (Å²) < 4.78 is 0. The second kappa shape index (κ2) is 8.34. The molecule has 4 rings (SSSR count). The van der Waals surface area contributed by atoms with Gasteiger partial charge in [-0.1, -0.05) is 32.0 Å². The number of carbonyl (C=O) groups is 1. The van der Waals surface area contributed by atoms with E-state index in [4.69, 9.17) is 0 Å². The molecule has 0 aliphatic carbocycles. The Balaban J connectivity index is 1.66. The summed E-state index contributed by atoms with van der Waals surface area (Å²) in [6, 6.07) is 15.4. The van der Waals surface area contributed by atoms with Crippen LogP contribution in [0.1, 0.15) is 19.4 Å². The Bertz CT molecular complexity index is 931. The molecule has 1 saturated heterocycles. The zero-order chi connectivity index (χ0) is 21.3. The molecule has 2 aliphatic heterocycles. The van der Waals surface area contributed by atoms with Gasteiger partial charge in [-0.15, -0.1) is 0 Å². The molecule has 2 atom stereocenters. The number of nitro groups is 1. The minimum Gasteiger partial charge on any atom is -0.368 e. The number of nitrogens with one attached hydrogen (secondary N) is 1. The van der Waals surface area contributed by atoms with Crippen molar-refractivity contribution in [2.45, 2.75) is 26.3 Å². The molecule has 0 unspecified atom stereocenters. The van der Waals surface area contributed by atoms with E-state index in [9.17, 15) is 14.9 Å². The standard InChI is InChI=1S/C23H28N4O3/c1-16(2)14-24-23(28)20-13-17-12-19(27(29)30)8-9-21(17)26-11-10-25(15-22(20)26)18-6-4-3-5-7-18/h3-9,12,16,20,22H,10-11,13-15H2,1-2H3,(H,24,28)/t20-,22+/m0/s1. The minimum atomic E-state index is -0.368. The van der Waals surface area contributed by atoms with Crippen molar-refractivity contribution in [2.75, 3.05) is 36.0 Å². The Kier molecular flexibility index (Phi) is 5.61. The van der Waals surface area contributed by atoms with Gasteiger partial charge in [-0.05, 0) is 36.1 Å². The smallest absolute Gasteiger partial charge is 0.269 e. The summed E-state index contributed by atoms with van der Waals surface area (Å²) in [5.41, 5.74) is 3.15. The number of carbonyl (C=O) groups excluding carboxylic acids is 1. The molecule has 0 bridgehead atoms. The van der Waals surface area contributed by atoms with Crippen molar-refractivity contribution in [1.82, 2.24) is 5.32 Å². The molecule has 7 heteroatoms. The maximum absolute atomic E-state index is 13.1. The molecule has 1 N–H and O–H groups in total. The largest absolute Gasteiger partial charge is 0.368 e. The molecule has 0 aromatic heterocycles. The van der Waals surface area contributed by atoms with Gasteiger partial charge in [-0.25, -0.2) is 0 Å². The van der Waals surface area contributed by atoms with Crippen LogP contribution in [0.2, 0.25) is 0 Å². The third-order valence-corrected chi connectivity index (χ3v) is 6.05. The average molecular weight is 409 g/mol. The van der Waals surface area contributed by atoms with Crippen LogP contribution in [0.25, 0.3) is 0 Å². The molecular formula is C23H28N4O3. The SMILES string of the molecule is CC(C)CNC(=O)[C@H]1Cc2cc([N+](=O)[O-])ccc2N2CCN(c3ccccc3)C[C@H]12. The summed E-state index contributed by atoms with van der Waals surface area (Å²) in [4.78, 5) is 28.7. The normalized spacial score (nSPS) is 20.5. The number of hydrogen-bond donors (Lipinski definition) is 1. The first-order chi connectivity index (χ1) is 14.4. The van der Waals surface area contributed by atoms with Gasteiger partial charge in [-0.3, -0.25) is 14.9 Å². The molecule has 0 spiro atoms. The summed E-state index contributed by atoms with van der Waals surface area (Å²) >= 11 is 0. The van der Waals surface area contributed by atoms with Crippen LogP contribution in [0.15, 0.2) is 48.5 Å². The molecular weight excluding hydrogens is 380 g/mol. The number of amides is 1. The van der Waals surface area contributed by atoms with Crippen LogP contribution < -0.4 is 15.1 Å². The van der Waals surface area contributed by atoms with Gasteiger partial charge in [0.25, 0.3) is 5.69 Å². The molecule has 158 valence electrons. The molecule has 1 amide bonds. The van der Waals surface area contributed by atoms with Gasteiger partial charge in [0.1, 0.15) is 0 Å². The number of piperazine rings is 1. The zero-order valence-corrected chi connectivity index (χ0v) is 17.5. The van der Waals surface area contributed by atoms with Crippen LogP contribution in [0.5, 0.6) is 0 Å². The first-order valence-corrected chi connectivity index (χ1v) is 10.6. The Labute approximate surface area is 176 Å². The highest BCUT2D eigenvalue weighted by Gasteiger charge is 2.42. The Morgan fingerprint density at radius 3 is 2.67 bits per heavy atom. The van der Waals surface area contributed by atoms with E-state index in [-0.39, 0.29) is 28.5 Å². The number of non-ortho nitro benzene ring substituents is 1. The maximum Gasteiger partial charge on any atom is 0.269 e. The fraction of sp³-hybridized carbons (Fsp3) is 0.435. The van der Waals surface area contributed by atoms with Crippen LogP contribution >= 0.6 is 0 Å². The average Bonchev–Trinajstić information content (AvgIpc) is 2.76. The highest BCUT2D eigenvalue weighted by atomic mass is 16.6. The predicted octanol–water partition coefficient (Wildman–Crippen LogP) is 3.23. The second-order valence-electron chi connectivity index (χ2n) is 8.56. The van der Waals surface area contributed by atoms with Gasteiger partial charge >= 0.3 is 0 Å². The monoisotopic (exact) mass is 408 g/mol. The summed E-state index contributed by atoms with van der Waals surface area (Å²) in [6.07, 6.45) is 0.519. The van der Waals surface area contributed by atoms with Crippen molar-refractivity contribution >= 4 is 23.0 Å². The van der Waals surface area contributed by atoms with Crippen LogP contribution in [-0.2, 0) is 11.2 Å². The number of hydrogen-bond acceptors (Lipinski definition) is 5. The van der Waals surface area contributed by atoms with Gasteiger partial charge in [0.05, 0.1) is 16.9 Å². The van der Waals surface area contributed by atoms with E-state index in [1.807, 2.05) is 24.3 Å². The van der Waals surface area contributed by atoms with E-state index in [0.717, 1.165) is 36.6 Å². The van der Waals surface area contributed by atoms with Gasteiger partial charge in [0, 0.05) is 49.7 Å². The minimum absolute atomic E-state index is 0.0278. The lowest BCUT2D eigenvalue weighted by Crippen LogP contribution is -2.61. The first kappa shape index (κ1) is 20.2. The van der Waals surface area contributed by atoms with E-state index in [1.165, 1.54) is 0 Å². The lowest BCUT2D eigenvalue weighted by molar-refractivity contribution is -0.384. The number of rotatable bonds is 5. The molecule has 2 aromatic carbocycles. The second-order valence-corrected chi connectivity index (χ2v) is 8.56. The molecule has 2 heterocycles. The van der Waals surface area contributed by atoms with E-state index in [2.05, 4.69) is 41.1 Å². The van der Waals surface area contributed by atoms with Crippen molar-refractivity contribution in [3.8, 4) is 0 Å². The highest BCUT2D eigenvalue weighted by molar-refractivity contribution is 5.82. The molecule has 1 fully saturated rings. The van der Waals surface area contributed by atoms with Crippen LogP contribution in [0.3, 0.4) is 0 Å². The zero-order valence-electron chi connectivity index (χ0n) is 17.5. The molecule has 2 aliphatic rings. The molecule has 0 saturated carbocycles. The van der Waals surface area contributed by atoms with Gasteiger partial charge in [-0.2, -0.15) is 0 Å². The Hall–Kier alpha value is -3.09. The quantitative estimate of drug-likeness (QED) is 0.607. The number of benzene rings is 2. The topological polar surface area (TPSA) is 78.7 Å². The van der Waals surface area contributed by atoms with E-state index < -0.39 is 0 Å². The van der Waals surface area contributed by atoms with Crippen molar-refractivity contribution in [3.05, 3.63) is 64.2 Å². The van der Waals surface area contributed by atoms with Crippen LogP contribution in [0, 0.1) is 22.0 Å². The fourth-order valence-electron chi connectivity index (χ4n) is 4.53. The molecule has 0 radical (unpaired) electrons. The van der Waals surface area contributed by atoms with E-state index in [0.29, 0.717) is 18.9 Å².